The standard InChI is InChI=1S/C13H16O3.C12H13BrO3.C12H13ClO3.C11H12O2.C10H9BrO2.C10H9ClO2.C10H9FO2.C10H10O2.CH4/c1-4-13(14)16-8-7-15-12-6-5-10(2)9-11(12)3;2*1-3-12(14)16-7-6-15-11-5-4-9(2)8-10(11)13;1-4-11(12)13-10-6-5-8(2)7-9(10)3;3*1-3-10(12)13-9-5-4-7(2)6-8(9)11;1-3-10(11)12-9-6-4-8(2)5-7-9;/h4-6,9H,1,7-8H2,2-3H3;2*3-5,8H,1,6-7H2,2H3;4-7H,1H2,2-3H3;3*3-6H,1H2,2H3;3-7H,1H2,2H3;1H4. The maximum atomic E-state index is 13.0. The summed E-state index contributed by atoms with van der Waals surface area (Å²) in [5.74, 6) is -0.278. The second-order valence-electron chi connectivity index (χ2n) is 22.8. The van der Waals surface area contributed by atoms with Crippen molar-refractivity contribution in [1.29, 1.82) is 0 Å². The molecule has 0 unspecified atom stereocenters. The molecule has 0 bridgehead atoms. The minimum atomic E-state index is -0.664. The van der Waals surface area contributed by atoms with Crippen molar-refractivity contribution < 1.29 is 94.9 Å². The molecule has 8 aromatic carbocycles. The zero-order valence-electron chi connectivity index (χ0n) is 64.1. The largest absolute Gasteiger partial charge is 0.490 e. The summed E-state index contributed by atoms with van der Waals surface area (Å²) in [5, 5.41) is 0.977. The molecule has 0 atom stereocenters. The second-order valence-corrected chi connectivity index (χ2v) is 25.3. The summed E-state index contributed by atoms with van der Waals surface area (Å²) in [4.78, 5) is 86.2. The summed E-state index contributed by atoms with van der Waals surface area (Å²) >= 11 is 18.5. The van der Waals surface area contributed by atoms with Crippen LogP contribution in [0.15, 0.2) is 262 Å². The Morgan fingerprint density at radius 3 is 0.929 bits per heavy atom. The molecular weight excluding hydrogens is 1620 g/mol. The zero-order valence-corrected chi connectivity index (χ0v) is 68.8. The number of benzene rings is 8. The van der Waals surface area contributed by atoms with E-state index in [4.69, 9.17) is 70.6 Å². The number of carbonyl (C=O) groups excluding carboxylic acids is 8. The van der Waals surface area contributed by atoms with E-state index in [1.165, 1.54) is 17.7 Å². The number of halogens is 5. The van der Waals surface area contributed by atoms with Crippen LogP contribution in [0.25, 0.3) is 0 Å². The van der Waals surface area contributed by atoms with Crippen LogP contribution in [0.4, 0.5) is 4.39 Å². The molecule has 600 valence electrons. The van der Waals surface area contributed by atoms with E-state index in [2.05, 4.69) is 89.2 Å². The van der Waals surface area contributed by atoms with Gasteiger partial charge in [-0.3, -0.25) is 0 Å². The quantitative estimate of drug-likeness (QED) is 0.0170. The first kappa shape index (κ1) is 101. The highest BCUT2D eigenvalue weighted by atomic mass is 79.9. The summed E-state index contributed by atoms with van der Waals surface area (Å²) in [5.41, 5.74) is 10.6. The molecule has 0 aromatic heterocycles. The van der Waals surface area contributed by atoms with Gasteiger partial charge in [0.15, 0.2) is 11.6 Å². The van der Waals surface area contributed by atoms with Crippen molar-refractivity contribution in [1.82, 2.24) is 0 Å². The Morgan fingerprint density at radius 1 is 0.301 bits per heavy atom. The van der Waals surface area contributed by atoms with Gasteiger partial charge in [-0.15, -0.1) is 0 Å². The Bertz CT molecular complexity index is 4070. The summed E-state index contributed by atoms with van der Waals surface area (Å²) in [7, 11) is 0. The van der Waals surface area contributed by atoms with Crippen LogP contribution >= 0.6 is 55.1 Å². The van der Waals surface area contributed by atoms with E-state index in [0.29, 0.717) is 52.0 Å². The third-order valence-electron chi connectivity index (χ3n) is 13.3. The van der Waals surface area contributed by atoms with Crippen molar-refractivity contribution in [2.75, 3.05) is 39.6 Å². The number of esters is 8. The van der Waals surface area contributed by atoms with E-state index in [1.807, 2.05) is 153 Å². The predicted molar refractivity (Wildman–Crippen MR) is 450 cm³/mol. The van der Waals surface area contributed by atoms with Crippen LogP contribution in [0.1, 0.15) is 63.1 Å². The highest BCUT2D eigenvalue weighted by Gasteiger charge is 2.10. The molecule has 0 aliphatic carbocycles. The van der Waals surface area contributed by atoms with Crippen LogP contribution in [0.3, 0.4) is 0 Å². The minimum absolute atomic E-state index is 0. The Balaban J connectivity index is 0.00000127. The van der Waals surface area contributed by atoms with Crippen molar-refractivity contribution in [2.45, 2.75) is 76.7 Å². The molecule has 19 nitrogen and oxygen atoms in total. The lowest BCUT2D eigenvalue weighted by Gasteiger charge is -2.09. The van der Waals surface area contributed by atoms with Gasteiger partial charge in [0.05, 0.1) is 19.0 Å². The molecule has 0 saturated carbocycles. The van der Waals surface area contributed by atoms with Gasteiger partial charge in [0.2, 0.25) is 0 Å². The smallest absolute Gasteiger partial charge is 0.335 e. The van der Waals surface area contributed by atoms with E-state index >= 15 is 0 Å². The number of aryl methyl sites for hydroxylation is 10. The molecule has 0 heterocycles. The van der Waals surface area contributed by atoms with Gasteiger partial charge >= 0.3 is 47.8 Å². The lowest BCUT2D eigenvalue weighted by Crippen LogP contribution is -2.10. The molecule has 0 aliphatic heterocycles. The first-order chi connectivity index (χ1) is 53.1. The summed E-state index contributed by atoms with van der Waals surface area (Å²) in [6.07, 6.45) is 8.87. The number of rotatable bonds is 25. The predicted octanol–water partition coefficient (Wildman–Crippen LogP) is 21.0. The molecule has 0 N–H and O–H groups in total. The Morgan fingerprint density at radius 2 is 0.566 bits per heavy atom. The van der Waals surface area contributed by atoms with Crippen LogP contribution in [0.5, 0.6) is 46.0 Å². The average molecular weight is 1720 g/mol. The molecule has 24 heteroatoms. The molecule has 8 rings (SSSR count). The van der Waals surface area contributed by atoms with Gasteiger partial charge in [0, 0.05) is 48.6 Å². The third kappa shape index (κ3) is 45.3. The van der Waals surface area contributed by atoms with Gasteiger partial charge in [0.1, 0.15) is 79.9 Å². The van der Waals surface area contributed by atoms with E-state index in [1.54, 1.807) is 55.5 Å². The lowest BCUT2D eigenvalue weighted by molar-refractivity contribution is -0.139. The highest BCUT2D eigenvalue weighted by molar-refractivity contribution is 9.11. The number of hydrogen-bond acceptors (Lipinski definition) is 19. The van der Waals surface area contributed by atoms with Crippen molar-refractivity contribution in [3.05, 3.63) is 333 Å². The summed E-state index contributed by atoms with van der Waals surface area (Å²) in [6, 6.07) is 45.2. The van der Waals surface area contributed by atoms with Crippen LogP contribution in [-0.4, -0.2) is 87.4 Å². The maximum Gasteiger partial charge on any atom is 0.335 e. The summed E-state index contributed by atoms with van der Waals surface area (Å²) in [6.45, 7) is 47.3. The van der Waals surface area contributed by atoms with Gasteiger partial charge in [-0.25, -0.2) is 42.7 Å². The molecule has 8 aromatic rings. The van der Waals surface area contributed by atoms with Crippen LogP contribution in [0.2, 0.25) is 10.0 Å². The van der Waals surface area contributed by atoms with Crippen molar-refractivity contribution in [3.63, 3.8) is 0 Å². The molecule has 0 aliphatic rings. The van der Waals surface area contributed by atoms with E-state index in [0.717, 1.165) is 119 Å². The first-order valence-electron chi connectivity index (χ1n) is 33.6. The molecule has 0 radical (unpaired) electrons. The van der Waals surface area contributed by atoms with Gasteiger partial charge in [-0.2, -0.15) is 0 Å². The topological polar surface area (TPSA) is 238 Å². The number of carbonyl (C=O) groups is 8. The van der Waals surface area contributed by atoms with Gasteiger partial charge in [0.25, 0.3) is 0 Å². The normalized spacial score (nSPS) is 9.37. The second kappa shape index (κ2) is 57.4. The molecule has 0 amide bonds. The van der Waals surface area contributed by atoms with Gasteiger partial charge < -0.3 is 52.1 Å². The Hall–Kier alpha value is -11.7. The fourth-order valence-corrected chi connectivity index (χ4v) is 9.55. The van der Waals surface area contributed by atoms with Crippen molar-refractivity contribution in [2.24, 2.45) is 0 Å². The molecule has 0 saturated heterocycles. The Kier molecular flexibility index (Phi) is 51.4. The average Bonchev–Trinajstić information content (AvgIpc) is 0.896. The minimum Gasteiger partial charge on any atom is -0.490 e. The first-order valence-corrected chi connectivity index (χ1v) is 36.0. The molecule has 0 spiro atoms. The number of hydrogen-bond donors (Lipinski definition) is 0. The number of ether oxygens (including phenoxy) is 11. The third-order valence-corrected chi connectivity index (χ3v) is 15.1. The van der Waals surface area contributed by atoms with E-state index in [9.17, 15) is 42.7 Å². The van der Waals surface area contributed by atoms with Crippen molar-refractivity contribution >= 4 is 103 Å². The summed E-state index contributed by atoms with van der Waals surface area (Å²) < 4.78 is 69.5. The van der Waals surface area contributed by atoms with Gasteiger partial charge in [-0.05, 0) is 225 Å². The van der Waals surface area contributed by atoms with Crippen LogP contribution in [-0.2, 0) is 52.6 Å². The SMILES string of the molecule is C.C=CC(=O)OCCOc1ccc(C)cc1Br.C=CC(=O)OCCOc1ccc(C)cc1C.C=CC(=O)OCCOc1ccc(C)cc1Cl.C=CC(=O)Oc1ccc(C)cc1.C=CC(=O)Oc1ccc(C)cc1Br.C=CC(=O)Oc1ccc(C)cc1C.C=CC(=O)Oc1ccc(C)cc1Cl.C=CC(=O)Oc1ccc(C)cc1F. The molecule has 113 heavy (non-hydrogen) atoms. The van der Waals surface area contributed by atoms with Crippen LogP contribution < -0.4 is 37.9 Å². The Labute approximate surface area is 688 Å². The highest BCUT2D eigenvalue weighted by Crippen LogP contribution is 2.29. The fraction of sp³-hybridized carbons (Fsp3) is 0.191. The molecular formula is C89H95Br2Cl2FO19. The van der Waals surface area contributed by atoms with E-state index in [-0.39, 0.29) is 39.6 Å². The van der Waals surface area contributed by atoms with Gasteiger partial charge in [-0.1, -0.05) is 167 Å². The fourth-order valence-electron chi connectivity index (χ4n) is 7.81. The zero-order chi connectivity index (χ0) is 84.3. The van der Waals surface area contributed by atoms with E-state index < -0.39 is 53.6 Å². The van der Waals surface area contributed by atoms with Crippen molar-refractivity contribution in [3.8, 4) is 46.0 Å². The lowest BCUT2D eigenvalue weighted by atomic mass is 10.1. The maximum absolute atomic E-state index is 13.0. The monoisotopic (exact) mass is 1710 g/mol. The molecule has 0 fully saturated rings. The van der Waals surface area contributed by atoms with Crippen LogP contribution in [0, 0.1) is 75.1 Å².